The Morgan fingerprint density at radius 3 is 2.71 bits per heavy atom. The van der Waals surface area contributed by atoms with E-state index in [4.69, 9.17) is 28.2 Å². The van der Waals surface area contributed by atoms with Gasteiger partial charge in [0.1, 0.15) is 5.82 Å². The van der Waals surface area contributed by atoms with E-state index in [-0.39, 0.29) is 18.3 Å². The lowest BCUT2D eigenvalue weighted by atomic mass is 9.80. The van der Waals surface area contributed by atoms with Gasteiger partial charge in [0.15, 0.2) is 11.3 Å². The quantitative estimate of drug-likeness (QED) is 0.555. The van der Waals surface area contributed by atoms with Crippen molar-refractivity contribution in [2.24, 2.45) is 18.9 Å². The summed E-state index contributed by atoms with van der Waals surface area (Å²) in [6.45, 7) is 6.93. The van der Waals surface area contributed by atoms with Gasteiger partial charge in [-0.05, 0) is 55.8 Å². The molecule has 1 aromatic carbocycles. The first-order valence-corrected chi connectivity index (χ1v) is 12.6. The summed E-state index contributed by atoms with van der Waals surface area (Å²) < 4.78 is 3.19. The van der Waals surface area contributed by atoms with Gasteiger partial charge in [0.2, 0.25) is 0 Å². The van der Waals surface area contributed by atoms with E-state index < -0.39 is 0 Å². The van der Waals surface area contributed by atoms with Crippen LogP contribution in [-0.2, 0) is 7.05 Å². The van der Waals surface area contributed by atoms with Crippen molar-refractivity contribution in [1.29, 1.82) is 0 Å². The SMILES string of the molecule is C[C@H](c1ccc(Cl)cc1Cl)n1c(=O)n(C)c2ncc(N3CC([C@H]4CCCN(CCO)C4)C3)nc21. The molecule has 0 saturated carbocycles. The number of piperidine rings is 1. The molecule has 0 unspecified atom stereocenters. The molecule has 0 amide bonds. The number of aryl methyl sites for hydroxylation is 1. The molecule has 2 fully saturated rings. The van der Waals surface area contributed by atoms with Crippen molar-refractivity contribution in [1.82, 2.24) is 24.0 Å². The number of imidazole rings is 1. The summed E-state index contributed by atoms with van der Waals surface area (Å²) >= 11 is 12.5. The van der Waals surface area contributed by atoms with Crippen molar-refractivity contribution in [2.75, 3.05) is 44.2 Å². The number of rotatable bonds is 6. The minimum absolute atomic E-state index is 0.182. The van der Waals surface area contributed by atoms with Crippen LogP contribution in [-0.4, -0.2) is 68.4 Å². The molecule has 2 saturated heterocycles. The number of hydrogen-bond acceptors (Lipinski definition) is 6. The summed E-state index contributed by atoms with van der Waals surface area (Å²) in [7, 11) is 1.71. The van der Waals surface area contributed by atoms with Crippen LogP contribution < -0.4 is 10.6 Å². The van der Waals surface area contributed by atoms with E-state index in [2.05, 4.69) is 14.8 Å². The fraction of sp³-hybridized carbons (Fsp3) is 0.542. The predicted molar refractivity (Wildman–Crippen MR) is 135 cm³/mol. The maximum Gasteiger partial charge on any atom is 0.331 e. The van der Waals surface area contributed by atoms with Gasteiger partial charge in [-0.25, -0.2) is 14.8 Å². The highest BCUT2D eigenvalue weighted by molar-refractivity contribution is 6.35. The topological polar surface area (TPSA) is 79.4 Å². The number of likely N-dealkylation sites (tertiary alicyclic amines) is 1. The number of β-amino-alcohol motifs (C(OH)–C–C–N with tert-alkyl or cyclic N) is 1. The third kappa shape index (κ3) is 4.21. The molecule has 2 atom stereocenters. The Hall–Kier alpha value is -2.13. The highest BCUT2D eigenvalue weighted by Gasteiger charge is 2.36. The first kappa shape index (κ1) is 23.6. The largest absolute Gasteiger partial charge is 0.395 e. The van der Waals surface area contributed by atoms with Crippen LogP contribution in [0.5, 0.6) is 0 Å². The normalized spacial score (nSPS) is 20.6. The van der Waals surface area contributed by atoms with Crippen molar-refractivity contribution in [2.45, 2.75) is 25.8 Å². The second kappa shape index (κ2) is 9.49. The number of halogens is 2. The lowest BCUT2D eigenvalue weighted by Gasteiger charge is -2.47. The van der Waals surface area contributed by atoms with Crippen LogP contribution in [0.2, 0.25) is 10.0 Å². The number of fused-ring (bicyclic) bond motifs is 1. The summed E-state index contributed by atoms with van der Waals surface area (Å²) in [4.78, 5) is 27.2. The Morgan fingerprint density at radius 1 is 1.18 bits per heavy atom. The number of aliphatic hydroxyl groups excluding tert-OH is 1. The fourth-order valence-corrected chi connectivity index (χ4v) is 5.97. The Bertz CT molecular complexity index is 1250. The molecular formula is C24H30Cl2N6O2. The highest BCUT2D eigenvalue weighted by atomic mass is 35.5. The maximum atomic E-state index is 13.1. The van der Waals surface area contributed by atoms with Crippen LogP contribution in [0, 0.1) is 11.8 Å². The number of hydrogen-bond donors (Lipinski definition) is 1. The lowest BCUT2D eigenvalue weighted by molar-refractivity contribution is 0.101. The van der Waals surface area contributed by atoms with Gasteiger partial charge in [0.25, 0.3) is 0 Å². The van der Waals surface area contributed by atoms with Crippen LogP contribution in [0.4, 0.5) is 5.82 Å². The van der Waals surface area contributed by atoms with E-state index in [9.17, 15) is 9.90 Å². The van der Waals surface area contributed by atoms with E-state index in [0.717, 1.165) is 44.1 Å². The molecule has 5 rings (SSSR count). The highest BCUT2D eigenvalue weighted by Crippen LogP contribution is 2.34. The molecule has 4 heterocycles. The van der Waals surface area contributed by atoms with E-state index in [0.29, 0.717) is 33.2 Å². The lowest BCUT2D eigenvalue weighted by Crippen LogP contribution is -2.54. The number of benzene rings is 1. The van der Waals surface area contributed by atoms with Crippen LogP contribution >= 0.6 is 23.2 Å². The molecule has 0 radical (unpaired) electrons. The average molecular weight is 505 g/mol. The number of aliphatic hydroxyl groups is 1. The zero-order valence-corrected chi connectivity index (χ0v) is 21.0. The molecular weight excluding hydrogens is 475 g/mol. The summed E-state index contributed by atoms with van der Waals surface area (Å²) in [5.74, 6) is 2.06. The maximum absolute atomic E-state index is 13.1. The van der Waals surface area contributed by atoms with Gasteiger partial charge in [0, 0.05) is 43.3 Å². The molecule has 182 valence electrons. The second-order valence-electron chi connectivity index (χ2n) is 9.52. The molecule has 3 aromatic rings. The van der Waals surface area contributed by atoms with Crippen molar-refractivity contribution in [3.8, 4) is 0 Å². The Labute approximate surface area is 208 Å². The predicted octanol–water partition coefficient (Wildman–Crippen LogP) is 3.19. The van der Waals surface area contributed by atoms with Crippen LogP contribution in [0.15, 0.2) is 29.2 Å². The molecule has 0 bridgehead atoms. The van der Waals surface area contributed by atoms with E-state index in [1.54, 1.807) is 29.9 Å². The summed E-state index contributed by atoms with van der Waals surface area (Å²) in [5.41, 5.74) is 1.73. The van der Waals surface area contributed by atoms with Crippen LogP contribution in [0.3, 0.4) is 0 Å². The van der Waals surface area contributed by atoms with Gasteiger partial charge in [0.05, 0.1) is 18.8 Å². The zero-order valence-electron chi connectivity index (χ0n) is 19.5. The third-order valence-electron chi connectivity index (χ3n) is 7.42. The summed E-state index contributed by atoms with van der Waals surface area (Å²) in [6.07, 6.45) is 4.19. The smallest absolute Gasteiger partial charge is 0.331 e. The monoisotopic (exact) mass is 504 g/mol. The van der Waals surface area contributed by atoms with Gasteiger partial charge in [-0.15, -0.1) is 0 Å². The van der Waals surface area contributed by atoms with Gasteiger partial charge in [-0.2, -0.15) is 0 Å². The van der Waals surface area contributed by atoms with Crippen LogP contribution in [0.25, 0.3) is 11.3 Å². The molecule has 1 N–H and O–H groups in total. The molecule has 0 spiro atoms. The molecule has 2 aromatic heterocycles. The minimum Gasteiger partial charge on any atom is -0.395 e. The Morgan fingerprint density at radius 2 is 1.97 bits per heavy atom. The number of anilines is 1. The Kier molecular flexibility index (Phi) is 6.59. The Balaban J connectivity index is 1.39. The molecule has 8 nitrogen and oxygen atoms in total. The van der Waals surface area contributed by atoms with Gasteiger partial charge in [-0.1, -0.05) is 29.3 Å². The molecule has 0 aliphatic carbocycles. The summed E-state index contributed by atoms with van der Waals surface area (Å²) in [5, 5.41) is 10.3. The molecule has 2 aliphatic heterocycles. The minimum atomic E-state index is -0.325. The molecule has 34 heavy (non-hydrogen) atoms. The first-order chi connectivity index (χ1) is 16.4. The van der Waals surface area contributed by atoms with Crippen molar-refractivity contribution < 1.29 is 5.11 Å². The van der Waals surface area contributed by atoms with E-state index in [1.807, 2.05) is 13.0 Å². The fourth-order valence-electron chi connectivity index (χ4n) is 5.40. The van der Waals surface area contributed by atoms with Crippen molar-refractivity contribution in [3.05, 3.63) is 50.5 Å². The average Bonchev–Trinajstić information content (AvgIpc) is 3.02. The van der Waals surface area contributed by atoms with Crippen LogP contribution in [0.1, 0.15) is 31.4 Å². The standard InChI is InChI=1S/C24H30Cl2N6O2/c1-15(19-6-5-18(25)10-20(19)26)32-23-22(29(2)24(32)34)27-11-21(28-23)31-13-17(14-31)16-4-3-7-30(12-16)8-9-33/h5-6,10-11,15-17,33H,3-4,7-9,12-14H2,1-2H3/t15-,16+/m1/s1. The number of aromatic nitrogens is 4. The van der Waals surface area contributed by atoms with Crippen molar-refractivity contribution >= 4 is 40.3 Å². The zero-order chi connectivity index (χ0) is 24.0. The molecule has 2 aliphatic rings. The summed E-state index contributed by atoms with van der Waals surface area (Å²) in [6, 6.07) is 4.99. The molecule has 10 heteroatoms. The second-order valence-corrected chi connectivity index (χ2v) is 10.4. The van der Waals surface area contributed by atoms with Gasteiger partial charge >= 0.3 is 5.69 Å². The van der Waals surface area contributed by atoms with E-state index >= 15 is 0 Å². The van der Waals surface area contributed by atoms with Gasteiger partial charge in [-0.3, -0.25) is 9.13 Å². The van der Waals surface area contributed by atoms with Crippen molar-refractivity contribution in [3.63, 3.8) is 0 Å². The number of nitrogens with zero attached hydrogens (tertiary/aromatic N) is 6. The third-order valence-corrected chi connectivity index (χ3v) is 7.98. The van der Waals surface area contributed by atoms with E-state index in [1.165, 1.54) is 17.4 Å². The van der Waals surface area contributed by atoms with Gasteiger partial charge < -0.3 is 14.9 Å². The first-order valence-electron chi connectivity index (χ1n) is 11.8.